The number of thiophene rings is 1. The van der Waals surface area contributed by atoms with Crippen LogP contribution < -0.4 is 10.6 Å². The molecule has 0 saturated carbocycles. The molecule has 0 unspecified atom stereocenters. The number of amides is 2. The Labute approximate surface area is 126 Å². The van der Waals surface area contributed by atoms with Crippen LogP contribution in [0.15, 0.2) is 41.1 Å². The molecule has 0 bridgehead atoms. The largest absolute Gasteiger partial charge is 0.326 e. The van der Waals surface area contributed by atoms with E-state index in [0.29, 0.717) is 12.8 Å². The maximum atomic E-state index is 11.9. The van der Waals surface area contributed by atoms with Crippen molar-refractivity contribution in [3.8, 4) is 0 Å². The minimum atomic E-state index is -0.166. The molecule has 21 heavy (non-hydrogen) atoms. The molecule has 0 atom stereocenters. The highest BCUT2D eigenvalue weighted by molar-refractivity contribution is 7.08. The Morgan fingerprint density at radius 3 is 3.00 bits per heavy atom. The molecular weight excluding hydrogens is 284 g/mol. The van der Waals surface area contributed by atoms with Crippen molar-refractivity contribution in [2.24, 2.45) is 0 Å². The van der Waals surface area contributed by atoms with Crippen molar-refractivity contribution in [1.29, 1.82) is 0 Å². The van der Waals surface area contributed by atoms with Crippen LogP contribution in [0, 0.1) is 0 Å². The van der Waals surface area contributed by atoms with E-state index < -0.39 is 0 Å². The molecule has 2 amide bonds. The van der Waals surface area contributed by atoms with Crippen LogP contribution >= 0.6 is 11.3 Å². The van der Waals surface area contributed by atoms with Gasteiger partial charge in [-0.3, -0.25) is 9.59 Å². The summed E-state index contributed by atoms with van der Waals surface area (Å²) >= 11 is 1.59. The second-order valence-electron chi connectivity index (χ2n) is 4.80. The number of nitrogens with one attached hydrogen (secondary N) is 2. The topological polar surface area (TPSA) is 58.2 Å². The Hall–Kier alpha value is -2.40. The number of aryl methyl sites for hydroxylation is 1. The quantitative estimate of drug-likeness (QED) is 0.854. The lowest BCUT2D eigenvalue weighted by atomic mass is 10.0. The molecule has 1 aliphatic rings. The first-order valence-corrected chi connectivity index (χ1v) is 7.59. The van der Waals surface area contributed by atoms with Gasteiger partial charge in [0.2, 0.25) is 11.8 Å². The normalized spacial score (nSPS) is 13.8. The number of rotatable bonds is 3. The highest BCUT2D eigenvalue weighted by Crippen LogP contribution is 2.25. The Balaban J connectivity index is 1.68. The maximum Gasteiger partial charge on any atom is 0.248 e. The molecule has 3 rings (SSSR count). The number of anilines is 2. The van der Waals surface area contributed by atoms with Gasteiger partial charge in [0.1, 0.15) is 0 Å². The first-order valence-electron chi connectivity index (χ1n) is 6.65. The highest BCUT2D eigenvalue weighted by Gasteiger charge is 2.14. The lowest BCUT2D eigenvalue weighted by molar-refractivity contribution is -0.116. The summed E-state index contributed by atoms with van der Waals surface area (Å²) in [5.41, 5.74) is 3.64. The second-order valence-corrected chi connectivity index (χ2v) is 5.58. The van der Waals surface area contributed by atoms with E-state index in [9.17, 15) is 9.59 Å². The number of carbonyl (C=O) groups is 2. The van der Waals surface area contributed by atoms with Gasteiger partial charge in [-0.2, -0.15) is 11.3 Å². The molecule has 0 spiro atoms. The Bertz CT molecular complexity index is 705. The fourth-order valence-electron chi connectivity index (χ4n) is 2.19. The van der Waals surface area contributed by atoms with E-state index in [2.05, 4.69) is 10.6 Å². The third kappa shape index (κ3) is 3.38. The Morgan fingerprint density at radius 2 is 2.19 bits per heavy atom. The van der Waals surface area contributed by atoms with Gasteiger partial charge in [0.05, 0.1) is 0 Å². The van der Waals surface area contributed by atoms with Crippen LogP contribution in [0.4, 0.5) is 11.4 Å². The molecule has 2 N–H and O–H groups in total. The van der Waals surface area contributed by atoms with Gasteiger partial charge < -0.3 is 10.6 Å². The van der Waals surface area contributed by atoms with Crippen LogP contribution in [-0.4, -0.2) is 11.8 Å². The van der Waals surface area contributed by atoms with E-state index >= 15 is 0 Å². The fourth-order valence-corrected chi connectivity index (χ4v) is 2.82. The van der Waals surface area contributed by atoms with Gasteiger partial charge in [-0.05, 0) is 58.6 Å². The summed E-state index contributed by atoms with van der Waals surface area (Å²) in [6.45, 7) is 0. The van der Waals surface area contributed by atoms with Gasteiger partial charge >= 0.3 is 0 Å². The predicted molar refractivity (Wildman–Crippen MR) is 85.4 cm³/mol. The highest BCUT2D eigenvalue weighted by atomic mass is 32.1. The van der Waals surface area contributed by atoms with E-state index in [4.69, 9.17) is 0 Å². The van der Waals surface area contributed by atoms with Crippen molar-refractivity contribution in [2.45, 2.75) is 12.8 Å². The van der Waals surface area contributed by atoms with Crippen LogP contribution in [0.3, 0.4) is 0 Å². The molecule has 2 aromatic rings. The van der Waals surface area contributed by atoms with Gasteiger partial charge in [0, 0.05) is 23.9 Å². The summed E-state index contributed by atoms with van der Waals surface area (Å²) < 4.78 is 0. The lowest BCUT2D eigenvalue weighted by Crippen LogP contribution is -2.19. The number of hydrogen-bond acceptors (Lipinski definition) is 3. The molecule has 4 nitrogen and oxygen atoms in total. The molecule has 0 aliphatic carbocycles. The summed E-state index contributed by atoms with van der Waals surface area (Å²) in [5, 5.41) is 9.60. The SMILES string of the molecule is O=C(/C=C/c1ccsc1)Nc1ccc2c(c1)CCC(=O)N2. The van der Waals surface area contributed by atoms with Crippen molar-refractivity contribution in [3.05, 3.63) is 52.2 Å². The van der Waals surface area contributed by atoms with Gasteiger partial charge in [-0.1, -0.05) is 0 Å². The third-order valence-electron chi connectivity index (χ3n) is 3.24. The fraction of sp³-hybridized carbons (Fsp3) is 0.125. The molecule has 1 aromatic heterocycles. The van der Waals surface area contributed by atoms with Crippen molar-refractivity contribution in [3.63, 3.8) is 0 Å². The summed E-state index contributed by atoms with van der Waals surface area (Å²) in [5.74, 6) is -0.126. The smallest absolute Gasteiger partial charge is 0.248 e. The Kier molecular flexibility index (Phi) is 3.83. The van der Waals surface area contributed by atoms with Crippen molar-refractivity contribution in [2.75, 3.05) is 10.6 Å². The monoisotopic (exact) mass is 298 g/mol. The van der Waals surface area contributed by atoms with Crippen molar-refractivity contribution < 1.29 is 9.59 Å². The molecule has 1 aromatic carbocycles. The summed E-state index contributed by atoms with van der Waals surface area (Å²) in [6.07, 6.45) is 4.49. The second kappa shape index (κ2) is 5.93. The van der Waals surface area contributed by atoms with E-state index in [-0.39, 0.29) is 11.8 Å². The molecule has 0 saturated heterocycles. The van der Waals surface area contributed by atoms with E-state index in [0.717, 1.165) is 22.5 Å². The van der Waals surface area contributed by atoms with Gasteiger partial charge in [-0.25, -0.2) is 0 Å². The van der Waals surface area contributed by atoms with E-state index in [1.807, 2.05) is 29.0 Å². The minimum Gasteiger partial charge on any atom is -0.326 e. The zero-order valence-corrected chi connectivity index (χ0v) is 12.1. The molecular formula is C16H14N2O2S. The van der Waals surface area contributed by atoms with E-state index in [1.165, 1.54) is 6.08 Å². The molecule has 5 heteroatoms. The minimum absolute atomic E-state index is 0.0398. The van der Waals surface area contributed by atoms with Gasteiger partial charge in [0.25, 0.3) is 0 Å². The molecule has 106 valence electrons. The molecule has 1 aliphatic heterocycles. The first-order chi connectivity index (χ1) is 10.2. The first kappa shape index (κ1) is 13.6. The summed E-state index contributed by atoms with van der Waals surface area (Å²) in [7, 11) is 0. The van der Waals surface area contributed by atoms with Crippen molar-refractivity contribution in [1.82, 2.24) is 0 Å². The zero-order chi connectivity index (χ0) is 14.7. The number of carbonyl (C=O) groups excluding carboxylic acids is 2. The lowest BCUT2D eigenvalue weighted by Gasteiger charge is -2.17. The third-order valence-corrected chi connectivity index (χ3v) is 3.94. The van der Waals surface area contributed by atoms with Crippen LogP contribution in [-0.2, 0) is 16.0 Å². The maximum absolute atomic E-state index is 11.9. The number of benzene rings is 1. The van der Waals surface area contributed by atoms with Crippen LogP contribution in [0.5, 0.6) is 0 Å². The molecule has 2 heterocycles. The molecule has 0 fully saturated rings. The van der Waals surface area contributed by atoms with Gasteiger partial charge in [-0.15, -0.1) is 0 Å². The van der Waals surface area contributed by atoms with Crippen LogP contribution in [0.25, 0.3) is 6.08 Å². The number of hydrogen-bond donors (Lipinski definition) is 2. The predicted octanol–water partition coefficient (Wildman–Crippen LogP) is 3.28. The summed E-state index contributed by atoms with van der Waals surface area (Å²) in [4.78, 5) is 23.2. The van der Waals surface area contributed by atoms with Crippen LogP contribution in [0.1, 0.15) is 17.5 Å². The van der Waals surface area contributed by atoms with Gasteiger partial charge in [0.15, 0.2) is 0 Å². The van der Waals surface area contributed by atoms with Crippen molar-refractivity contribution >= 4 is 40.6 Å². The Morgan fingerprint density at radius 1 is 1.29 bits per heavy atom. The summed E-state index contributed by atoms with van der Waals surface area (Å²) in [6, 6.07) is 7.48. The zero-order valence-electron chi connectivity index (χ0n) is 11.3. The number of fused-ring (bicyclic) bond motifs is 1. The average Bonchev–Trinajstić information content (AvgIpc) is 2.99. The average molecular weight is 298 g/mol. The molecule has 0 radical (unpaired) electrons. The van der Waals surface area contributed by atoms with E-state index in [1.54, 1.807) is 23.5 Å². The standard InChI is InChI=1S/C16H14N2O2S/c19-15(5-1-11-7-8-21-10-11)17-13-3-4-14-12(9-13)2-6-16(20)18-14/h1,3-5,7-10H,2,6H2,(H,17,19)(H,18,20)/b5-1+. The van der Waals surface area contributed by atoms with Crippen LogP contribution in [0.2, 0.25) is 0 Å².